The molecule has 0 fully saturated rings. The molecule has 0 atom stereocenters. The molecule has 0 aromatic carbocycles. The smallest absolute Gasteiger partial charge is 0.407 e. The maximum atomic E-state index is 11.6. The lowest BCUT2D eigenvalue weighted by molar-refractivity contribution is 0.0527. The molecular formula is C12H21N5O3. The minimum absolute atomic E-state index is 0.271. The molecule has 1 heterocycles. The molecule has 1 rings (SSSR count). The van der Waals surface area contributed by atoms with Gasteiger partial charge in [-0.1, -0.05) is 5.21 Å². The Labute approximate surface area is 117 Å². The van der Waals surface area contributed by atoms with Gasteiger partial charge in [0.2, 0.25) is 0 Å². The van der Waals surface area contributed by atoms with E-state index in [1.807, 2.05) is 0 Å². The van der Waals surface area contributed by atoms with Crippen LogP contribution in [-0.2, 0) is 11.8 Å². The first kappa shape index (κ1) is 15.9. The van der Waals surface area contributed by atoms with Gasteiger partial charge in [-0.3, -0.25) is 9.48 Å². The Morgan fingerprint density at radius 3 is 2.50 bits per heavy atom. The van der Waals surface area contributed by atoms with Crippen molar-refractivity contribution in [1.82, 2.24) is 25.6 Å². The fraction of sp³-hybridized carbons (Fsp3) is 0.667. The molecule has 0 aliphatic rings. The lowest BCUT2D eigenvalue weighted by Crippen LogP contribution is -2.34. The molecule has 0 radical (unpaired) electrons. The number of aromatic nitrogens is 3. The Balaban J connectivity index is 2.13. The molecule has 1 aromatic heterocycles. The Bertz CT molecular complexity index is 464. The van der Waals surface area contributed by atoms with Crippen molar-refractivity contribution in [2.75, 3.05) is 13.1 Å². The van der Waals surface area contributed by atoms with Crippen LogP contribution in [0.4, 0.5) is 4.79 Å². The van der Waals surface area contributed by atoms with Gasteiger partial charge in [-0.05, 0) is 27.2 Å². The van der Waals surface area contributed by atoms with Gasteiger partial charge in [0.05, 0.1) is 6.20 Å². The van der Waals surface area contributed by atoms with Gasteiger partial charge in [-0.2, -0.15) is 0 Å². The molecule has 8 nitrogen and oxygen atoms in total. The van der Waals surface area contributed by atoms with Crippen LogP contribution in [-0.4, -0.2) is 45.7 Å². The lowest BCUT2D eigenvalue weighted by atomic mass is 10.2. The van der Waals surface area contributed by atoms with E-state index in [1.165, 1.54) is 10.9 Å². The first-order valence-corrected chi connectivity index (χ1v) is 6.39. The summed E-state index contributed by atoms with van der Waals surface area (Å²) in [6, 6.07) is 0. The van der Waals surface area contributed by atoms with Crippen LogP contribution in [0.2, 0.25) is 0 Å². The molecule has 2 N–H and O–H groups in total. The SMILES string of the molecule is Cn1cc(C(=O)NCCCNC(=O)OC(C)(C)C)nn1. The summed E-state index contributed by atoms with van der Waals surface area (Å²) in [7, 11) is 1.69. The van der Waals surface area contributed by atoms with Crippen molar-refractivity contribution in [1.29, 1.82) is 0 Å². The van der Waals surface area contributed by atoms with E-state index in [-0.39, 0.29) is 11.6 Å². The third-order valence-electron chi connectivity index (χ3n) is 2.14. The number of hydrogen-bond acceptors (Lipinski definition) is 5. The maximum Gasteiger partial charge on any atom is 0.407 e. The van der Waals surface area contributed by atoms with E-state index >= 15 is 0 Å². The number of aryl methyl sites for hydroxylation is 1. The molecule has 1 aromatic rings. The highest BCUT2D eigenvalue weighted by molar-refractivity contribution is 5.91. The summed E-state index contributed by atoms with van der Waals surface area (Å²) in [5.74, 6) is -0.282. The Morgan fingerprint density at radius 2 is 1.95 bits per heavy atom. The van der Waals surface area contributed by atoms with Crippen LogP contribution in [0.3, 0.4) is 0 Å². The molecule has 2 amide bonds. The van der Waals surface area contributed by atoms with Crippen LogP contribution >= 0.6 is 0 Å². The number of nitrogens with zero attached hydrogens (tertiary/aromatic N) is 3. The first-order valence-electron chi connectivity index (χ1n) is 6.39. The Kier molecular flexibility index (Phi) is 5.48. The van der Waals surface area contributed by atoms with Crippen molar-refractivity contribution in [3.8, 4) is 0 Å². The molecule has 0 bridgehead atoms. The highest BCUT2D eigenvalue weighted by Crippen LogP contribution is 2.06. The summed E-state index contributed by atoms with van der Waals surface area (Å²) in [4.78, 5) is 22.9. The predicted octanol–water partition coefficient (Wildman–Crippen LogP) is 0.460. The van der Waals surface area contributed by atoms with E-state index in [2.05, 4.69) is 20.9 Å². The van der Waals surface area contributed by atoms with Gasteiger partial charge in [0.15, 0.2) is 5.69 Å². The number of amides is 2. The van der Waals surface area contributed by atoms with Crippen LogP contribution in [0.25, 0.3) is 0 Å². The molecular weight excluding hydrogens is 262 g/mol. The van der Waals surface area contributed by atoms with Gasteiger partial charge in [-0.25, -0.2) is 4.79 Å². The highest BCUT2D eigenvalue weighted by atomic mass is 16.6. The fourth-order valence-electron chi connectivity index (χ4n) is 1.34. The molecule has 0 spiro atoms. The van der Waals surface area contributed by atoms with E-state index in [9.17, 15) is 9.59 Å². The number of hydrogen-bond donors (Lipinski definition) is 2. The number of rotatable bonds is 5. The predicted molar refractivity (Wildman–Crippen MR) is 72.2 cm³/mol. The largest absolute Gasteiger partial charge is 0.444 e. The minimum Gasteiger partial charge on any atom is -0.444 e. The molecule has 20 heavy (non-hydrogen) atoms. The summed E-state index contributed by atoms with van der Waals surface area (Å²) in [5, 5.41) is 12.7. The summed E-state index contributed by atoms with van der Waals surface area (Å²) in [6.45, 7) is 6.26. The molecule has 0 aliphatic carbocycles. The van der Waals surface area contributed by atoms with Crippen molar-refractivity contribution >= 4 is 12.0 Å². The van der Waals surface area contributed by atoms with Crippen LogP contribution in [0.5, 0.6) is 0 Å². The van der Waals surface area contributed by atoms with Gasteiger partial charge in [0, 0.05) is 20.1 Å². The molecule has 0 aliphatic heterocycles. The third kappa shape index (κ3) is 6.17. The average Bonchev–Trinajstić information content (AvgIpc) is 2.73. The van der Waals surface area contributed by atoms with Gasteiger partial charge >= 0.3 is 6.09 Å². The highest BCUT2D eigenvalue weighted by Gasteiger charge is 2.15. The molecule has 0 unspecified atom stereocenters. The lowest BCUT2D eigenvalue weighted by Gasteiger charge is -2.19. The second kappa shape index (κ2) is 6.88. The monoisotopic (exact) mass is 283 g/mol. The van der Waals surface area contributed by atoms with Crippen LogP contribution in [0.15, 0.2) is 6.20 Å². The molecule has 0 saturated carbocycles. The van der Waals surface area contributed by atoms with E-state index in [0.29, 0.717) is 19.5 Å². The van der Waals surface area contributed by atoms with Crippen LogP contribution in [0, 0.1) is 0 Å². The van der Waals surface area contributed by atoms with Gasteiger partial charge in [0.1, 0.15) is 5.60 Å². The molecule has 8 heteroatoms. The Hall–Kier alpha value is -2.12. The van der Waals surface area contributed by atoms with E-state index in [0.717, 1.165) is 0 Å². The molecule has 112 valence electrons. The number of carbonyl (C=O) groups is 2. The van der Waals surface area contributed by atoms with E-state index in [1.54, 1.807) is 27.8 Å². The van der Waals surface area contributed by atoms with Crippen molar-refractivity contribution in [3.63, 3.8) is 0 Å². The van der Waals surface area contributed by atoms with Crippen LogP contribution in [0.1, 0.15) is 37.7 Å². The summed E-state index contributed by atoms with van der Waals surface area (Å²) >= 11 is 0. The summed E-state index contributed by atoms with van der Waals surface area (Å²) in [5.41, 5.74) is -0.239. The fourth-order valence-corrected chi connectivity index (χ4v) is 1.34. The van der Waals surface area contributed by atoms with Crippen molar-refractivity contribution in [3.05, 3.63) is 11.9 Å². The number of ether oxygens (including phenoxy) is 1. The zero-order valence-corrected chi connectivity index (χ0v) is 12.3. The zero-order chi connectivity index (χ0) is 15.2. The Morgan fingerprint density at radius 1 is 1.30 bits per heavy atom. The minimum atomic E-state index is -0.510. The summed E-state index contributed by atoms with van der Waals surface area (Å²) in [6.07, 6.45) is 1.68. The quantitative estimate of drug-likeness (QED) is 0.765. The third-order valence-corrected chi connectivity index (χ3v) is 2.14. The molecule has 0 saturated heterocycles. The average molecular weight is 283 g/mol. The second-order valence-electron chi connectivity index (χ2n) is 5.32. The number of carbonyl (C=O) groups excluding carboxylic acids is 2. The maximum absolute atomic E-state index is 11.6. The second-order valence-corrected chi connectivity index (χ2v) is 5.32. The van der Waals surface area contributed by atoms with Gasteiger partial charge < -0.3 is 15.4 Å². The van der Waals surface area contributed by atoms with Crippen molar-refractivity contribution in [2.24, 2.45) is 7.05 Å². The van der Waals surface area contributed by atoms with Crippen molar-refractivity contribution in [2.45, 2.75) is 32.8 Å². The normalized spacial score (nSPS) is 11.0. The van der Waals surface area contributed by atoms with Gasteiger partial charge in [0.25, 0.3) is 5.91 Å². The van der Waals surface area contributed by atoms with E-state index in [4.69, 9.17) is 4.74 Å². The van der Waals surface area contributed by atoms with Gasteiger partial charge in [-0.15, -0.1) is 5.10 Å². The first-order chi connectivity index (χ1) is 9.28. The van der Waals surface area contributed by atoms with Crippen LogP contribution < -0.4 is 10.6 Å². The summed E-state index contributed by atoms with van der Waals surface area (Å²) < 4.78 is 6.54. The number of alkyl carbamates (subject to hydrolysis) is 1. The standard InChI is InChI=1S/C12H21N5O3/c1-12(2,3)20-11(19)14-7-5-6-13-10(18)9-8-17(4)16-15-9/h8H,5-7H2,1-4H3,(H,13,18)(H,14,19). The van der Waals surface area contributed by atoms with Crippen molar-refractivity contribution < 1.29 is 14.3 Å². The number of nitrogens with one attached hydrogen (secondary N) is 2. The topological polar surface area (TPSA) is 98.1 Å². The van der Waals surface area contributed by atoms with E-state index < -0.39 is 11.7 Å². The zero-order valence-electron chi connectivity index (χ0n) is 12.3.